The second-order valence-electron chi connectivity index (χ2n) is 5.49. The zero-order valence-electron chi connectivity index (χ0n) is 12.9. The van der Waals surface area contributed by atoms with Gasteiger partial charge in [0, 0.05) is 29.7 Å². The van der Waals surface area contributed by atoms with Gasteiger partial charge in [0.25, 0.3) is 5.69 Å². The lowest BCUT2D eigenvalue weighted by Crippen LogP contribution is -2.13. The van der Waals surface area contributed by atoms with Crippen LogP contribution in [-0.4, -0.2) is 21.7 Å². The zero-order chi connectivity index (χ0) is 17.3. The highest BCUT2D eigenvalue weighted by Gasteiger charge is 2.27. The highest BCUT2D eigenvalue weighted by atomic mass is 16.6. The number of aryl methyl sites for hydroxylation is 1. The van der Waals surface area contributed by atoms with Crippen molar-refractivity contribution in [1.29, 1.82) is 0 Å². The van der Waals surface area contributed by atoms with Crippen LogP contribution in [0, 0.1) is 17.0 Å². The SMILES string of the molecule is Cc1c(C(=O)O)oc2c1/C(=N/Nc1ccc([N+](=O)[O-])cc1)CCC2. The monoisotopic (exact) mass is 329 g/mol. The minimum absolute atomic E-state index is 0.00457. The number of benzene rings is 1. The molecule has 0 radical (unpaired) electrons. The Balaban J connectivity index is 1.87. The largest absolute Gasteiger partial charge is 0.475 e. The van der Waals surface area contributed by atoms with Gasteiger partial charge in [-0.2, -0.15) is 5.10 Å². The van der Waals surface area contributed by atoms with Crippen molar-refractivity contribution < 1.29 is 19.2 Å². The number of nitrogens with one attached hydrogen (secondary N) is 1. The summed E-state index contributed by atoms with van der Waals surface area (Å²) < 4.78 is 5.44. The first-order valence-corrected chi connectivity index (χ1v) is 7.40. The Morgan fingerprint density at radius 2 is 2.04 bits per heavy atom. The number of nitrogens with zero attached hydrogens (tertiary/aromatic N) is 2. The summed E-state index contributed by atoms with van der Waals surface area (Å²) in [6, 6.07) is 5.91. The molecule has 0 atom stereocenters. The van der Waals surface area contributed by atoms with Crippen molar-refractivity contribution >= 4 is 23.1 Å². The molecule has 0 amide bonds. The Morgan fingerprint density at radius 3 is 2.67 bits per heavy atom. The molecule has 0 spiro atoms. The average Bonchev–Trinajstić information content (AvgIpc) is 2.91. The molecule has 2 aromatic rings. The summed E-state index contributed by atoms with van der Waals surface area (Å²) in [7, 11) is 0. The number of carboxylic acids is 1. The Bertz CT molecular complexity index is 836. The smallest absolute Gasteiger partial charge is 0.372 e. The zero-order valence-corrected chi connectivity index (χ0v) is 12.9. The number of carboxylic acid groups (broad SMARTS) is 1. The van der Waals surface area contributed by atoms with Gasteiger partial charge in [-0.1, -0.05) is 0 Å². The Labute approximate surface area is 136 Å². The van der Waals surface area contributed by atoms with E-state index >= 15 is 0 Å². The topological polar surface area (TPSA) is 118 Å². The molecule has 0 unspecified atom stereocenters. The van der Waals surface area contributed by atoms with Crippen LogP contribution < -0.4 is 5.43 Å². The van der Waals surface area contributed by atoms with Crippen LogP contribution in [-0.2, 0) is 6.42 Å². The summed E-state index contributed by atoms with van der Waals surface area (Å²) in [5.74, 6) is -0.505. The van der Waals surface area contributed by atoms with Crippen LogP contribution in [0.5, 0.6) is 0 Å². The average molecular weight is 329 g/mol. The molecule has 1 aromatic heterocycles. The van der Waals surface area contributed by atoms with E-state index in [1.807, 2.05) is 0 Å². The number of furan rings is 1. The van der Waals surface area contributed by atoms with E-state index in [2.05, 4.69) is 10.5 Å². The Kier molecular flexibility index (Phi) is 4.03. The van der Waals surface area contributed by atoms with Gasteiger partial charge in [-0.3, -0.25) is 15.5 Å². The molecule has 8 heteroatoms. The van der Waals surface area contributed by atoms with Crippen molar-refractivity contribution in [2.24, 2.45) is 5.10 Å². The molecule has 3 rings (SSSR count). The molecule has 0 aliphatic heterocycles. The van der Waals surface area contributed by atoms with Crippen LogP contribution in [0.4, 0.5) is 11.4 Å². The molecule has 124 valence electrons. The van der Waals surface area contributed by atoms with Gasteiger partial charge in [-0.05, 0) is 31.9 Å². The molecule has 0 bridgehead atoms. The predicted octanol–water partition coefficient (Wildman–Crippen LogP) is 3.35. The van der Waals surface area contributed by atoms with Gasteiger partial charge in [0.1, 0.15) is 5.76 Å². The number of non-ortho nitro benzene ring substituents is 1. The van der Waals surface area contributed by atoms with Crippen molar-refractivity contribution in [2.45, 2.75) is 26.2 Å². The van der Waals surface area contributed by atoms with Gasteiger partial charge in [-0.15, -0.1) is 0 Å². The third kappa shape index (κ3) is 2.85. The first-order valence-electron chi connectivity index (χ1n) is 7.40. The lowest BCUT2D eigenvalue weighted by Gasteiger charge is -2.13. The minimum Gasteiger partial charge on any atom is -0.475 e. The fraction of sp³-hybridized carbons (Fsp3) is 0.250. The molecular weight excluding hydrogens is 314 g/mol. The standard InChI is InChI=1S/C16H15N3O5/c1-9-14-12(3-2-4-13(14)24-15(9)16(20)21)18-17-10-5-7-11(8-6-10)19(22)23/h5-8,17H,2-4H2,1H3,(H,20,21)/b18-12+. The second kappa shape index (κ2) is 6.15. The molecule has 1 heterocycles. The van der Waals surface area contributed by atoms with Crippen LogP contribution in [0.15, 0.2) is 33.8 Å². The van der Waals surface area contributed by atoms with Gasteiger partial charge in [0.15, 0.2) is 0 Å². The number of nitro benzene ring substituents is 1. The summed E-state index contributed by atoms with van der Waals surface area (Å²) >= 11 is 0. The summed E-state index contributed by atoms with van der Waals surface area (Å²) in [6.07, 6.45) is 2.20. The van der Waals surface area contributed by atoms with E-state index in [1.165, 1.54) is 12.1 Å². The van der Waals surface area contributed by atoms with Crippen molar-refractivity contribution in [1.82, 2.24) is 0 Å². The van der Waals surface area contributed by atoms with Gasteiger partial charge in [0.2, 0.25) is 5.76 Å². The highest BCUT2D eigenvalue weighted by molar-refractivity contribution is 6.05. The third-order valence-electron chi connectivity index (χ3n) is 3.92. The number of aromatic carboxylic acids is 1. The summed E-state index contributed by atoms with van der Waals surface area (Å²) in [5.41, 5.74) is 5.52. The van der Waals surface area contributed by atoms with Crippen LogP contribution >= 0.6 is 0 Å². The molecular formula is C16H15N3O5. The lowest BCUT2D eigenvalue weighted by molar-refractivity contribution is -0.384. The first kappa shape index (κ1) is 15.7. The summed E-state index contributed by atoms with van der Waals surface area (Å²) in [4.78, 5) is 21.4. The Morgan fingerprint density at radius 1 is 1.33 bits per heavy atom. The number of hydrogen-bond acceptors (Lipinski definition) is 6. The Hall–Kier alpha value is -3.16. The predicted molar refractivity (Wildman–Crippen MR) is 86.6 cm³/mol. The van der Waals surface area contributed by atoms with E-state index in [0.29, 0.717) is 29.9 Å². The number of nitro groups is 1. The molecule has 0 fully saturated rings. The fourth-order valence-electron chi connectivity index (χ4n) is 2.77. The van der Waals surface area contributed by atoms with E-state index in [0.717, 1.165) is 17.7 Å². The normalized spacial score (nSPS) is 15.1. The minimum atomic E-state index is -1.09. The van der Waals surface area contributed by atoms with E-state index in [4.69, 9.17) is 4.42 Å². The van der Waals surface area contributed by atoms with E-state index < -0.39 is 10.9 Å². The highest BCUT2D eigenvalue weighted by Crippen LogP contribution is 2.30. The van der Waals surface area contributed by atoms with E-state index in [1.54, 1.807) is 19.1 Å². The van der Waals surface area contributed by atoms with E-state index in [9.17, 15) is 20.0 Å². The maximum atomic E-state index is 11.2. The molecule has 24 heavy (non-hydrogen) atoms. The lowest BCUT2D eigenvalue weighted by atomic mass is 9.93. The van der Waals surface area contributed by atoms with E-state index in [-0.39, 0.29) is 11.4 Å². The molecule has 0 saturated carbocycles. The van der Waals surface area contributed by atoms with Gasteiger partial charge >= 0.3 is 5.97 Å². The molecule has 1 aliphatic rings. The molecule has 2 N–H and O–H groups in total. The van der Waals surface area contributed by atoms with Gasteiger partial charge in [-0.25, -0.2) is 4.79 Å². The van der Waals surface area contributed by atoms with Crippen LogP contribution in [0.25, 0.3) is 0 Å². The number of rotatable bonds is 4. The third-order valence-corrected chi connectivity index (χ3v) is 3.92. The summed E-state index contributed by atoms with van der Waals surface area (Å²) in [6.45, 7) is 1.71. The second-order valence-corrected chi connectivity index (χ2v) is 5.49. The van der Waals surface area contributed by atoms with Crippen LogP contribution in [0.2, 0.25) is 0 Å². The first-order chi connectivity index (χ1) is 11.5. The molecule has 8 nitrogen and oxygen atoms in total. The maximum Gasteiger partial charge on any atom is 0.372 e. The van der Waals surface area contributed by atoms with Crippen LogP contribution in [0.1, 0.15) is 40.3 Å². The number of hydrogen-bond donors (Lipinski definition) is 2. The maximum absolute atomic E-state index is 11.2. The molecule has 1 aromatic carbocycles. The fourth-order valence-corrected chi connectivity index (χ4v) is 2.77. The number of carbonyl (C=O) groups is 1. The van der Waals surface area contributed by atoms with Gasteiger partial charge < -0.3 is 9.52 Å². The quantitative estimate of drug-likeness (QED) is 0.656. The van der Waals surface area contributed by atoms with Crippen molar-refractivity contribution in [3.05, 3.63) is 57.0 Å². The number of fused-ring (bicyclic) bond motifs is 1. The van der Waals surface area contributed by atoms with Crippen molar-refractivity contribution in [3.63, 3.8) is 0 Å². The molecule has 0 saturated heterocycles. The van der Waals surface area contributed by atoms with Crippen molar-refractivity contribution in [3.8, 4) is 0 Å². The molecule has 1 aliphatic carbocycles. The van der Waals surface area contributed by atoms with Crippen molar-refractivity contribution in [2.75, 3.05) is 5.43 Å². The number of anilines is 1. The number of hydrazone groups is 1. The summed E-state index contributed by atoms with van der Waals surface area (Å²) in [5, 5.41) is 24.2. The van der Waals surface area contributed by atoms with Crippen LogP contribution in [0.3, 0.4) is 0 Å². The van der Waals surface area contributed by atoms with Gasteiger partial charge in [0.05, 0.1) is 16.3 Å².